The van der Waals surface area contributed by atoms with E-state index in [1.165, 1.54) is 20.3 Å². The Bertz CT molecular complexity index is 634. The van der Waals surface area contributed by atoms with E-state index in [1.807, 2.05) is 24.3 Å². The Morgan fingerprint density at radius 3 is 2.24 bits per heavy atom. The summed E-state index contributed by atoms with van der Waals surface area (Å²) >= 11 is 3.50. The molecular formula is C16H17BrFNO2. The number of benzene rings is 2. The van der Waals surface area contributed by atoms with E-state index in [4.69, 9.17) is 9.47 Å². The van der Waals surface area contributed by atoms with E-state index in [2.05, 4.69) is 21.2 Å². The Hall–Kier alpha value is -1.59. The largest absolute Gasteiger partial charge is 0.493 e. The van der Waals surface area contributed by atoms with Crippen LogP contribution in [0.5, 0.6) is 11.5 Å². The third-order valence-electron chi connectivity index (χ3n) is 3.32. The van der Waals surface area contributed by atoms with Crippen LogP contribution in [0.15, 0.2) is 40.9 Å². The summed E-state index contributed by atoms with van der Waals surface area (Å²) in [5.41, 5.74) is 1.45. The van der Waals surface area contributed by atoms with Crippen LogP contribution in [-0.4, -0.2) is 21.3 Å². The van der Waals surface area contributed by atoms with Gasteiger partial charge in [-0.2, -0.15) is 0 Å². The zero-order valence-corrected chi connectivity index (χ0v) is 13.7. The second-order valence-electron chi connectivity index (χ2n) is 4.47. The van der Waals surface area contributed by atoms with Crippen molar-refractivity contribution in [2.75, 3.05) is 21.3 Å². The van der Waals surface area contributed by atoms with Gasteiger partial charge in [-0.1, -0.05) is 34.1 Å². The van der Waals surface area contributed by atoms with Crippen molar-refractivity contribution in [3.05, 3.63) is 57.8 Å². The maximum absolute atomic E-state index is 14.4. The highest BCUT2D eigenvalue weighted by Gasteiger charge is 2.21. The van der Waals surface area contributed by atoms with Gasteiger partial charge in [0.15, 0.2) is 11.5 Å². The maximum Gasteiger partial charge on any atom is 0.163 e. The molecule has 0 fully saturated rings. The molecule has 2 aromatic rings. The number of rotatable bonds is 5. The van der Waals surface area contributed by atoms with Gasteiger partial charge in [0.05, 0.1) is 20.3 Å². The van der Waals surface area contributed by atoms with Crippen LogP contribution in [-0.2, 0) is 0 Å². The molecule has 0 aliphatic carbocycles. The summed E-state index contributed by atoms with van der Waals surface area (Å²) in [6.07, 6.45) is 0. The van der Waals surface area contributed by atoms with E-state index in [1.54, 1.807) is 13.1 Å². The Kier molecular flexibility index (Phi) is 5.20. The molecule has 1 atom stereocenters. The van der Waals surface area contributed by atoms with Gasteiger partial charge in [0.2, 0.25) is 0 Å². The first kappa shape index (κ1) is 15.8. The first-order chi connectivity index (χ1) is 10.1. The van der Waals surface area contributed by atoms with Crippen molar-refractivity contribution in [2.45, 2.75) is 6.04 Å². The molecule has 1 N–H and O–H groups in total. The molecule has 0 aliphatic heterocycles. The molecule has 0 aromatic heterocycles. The van der Waals surface area contributed by atoms with Crippen LogP contribution in [0.4, 0.5) is 4.39 Å². The number of ether oxygens (including phenoxy) is 2. The van der Waals surface area contributed by atoms with Gasteiger partial charge in [0.25, 0.3) is 0 Å². The van der Waals surface area contributed by atoms with Crippen molar-refractivity contribution in [1.82, 2.24) is 5.32 Å². The summed E-state index contributed by atoms with van der Waals surface area (Å²) in [4.78, 5) is 0. The first-order valence-corrected chi connectivity index (χ1v) is 7.24. The third-order valence-corrected chi connectivity index (χ3v) is 4.04. The third kappa shape index (κ3) is 3.19. The van der Waals surface area contributed by atoms with E-state index < -0.39 is 0 Å². The number of hydrogen-bond donors (Lipinski definition) is 1. The lowest BCUT2D eigenvalue weighted by Gasteiger charge is -2.21. The lowest BCUT2D eigenvalue weighted by Crippen LogP contribution is -2.19. The SMILES string of the molecule is CNC(c1cc(OC)c(OC)cc1F)c1ccccc1Br. The predicted octanol–water partition coefficient (Wildman–Crippen LogP) is 3.91. The topological polar surface area (TPSA) is 30.5 Å². The smallest absolute Gasteiger partial charge is 0.163 e. The molecule has 0 saturated heterocycles. The molecule has 0 bridgehead atoms. The van der Waals surface area contributed by atoms with Gasteiger partial charge in [0, 0.05) is 16.1 Å². The standard InChI is InChI=1S/C16H17BrFNO2/c1-19-16(10-6-4-5-7-12(10)17)11-8-14(20-2)15(21-3)9-13(11)18/h4-9,16,19H,1-3H3. The molecular weight excluding hydrogens is 337 g/mol. The monoisotopic (exact) mass is 353 g/mol. The minimum absolute atomic E-state index is 0.291. The first-order valence-electron chi connectivity index (χ1n) is 6.45. The molecule has 0 spiro atoms. The highest BCUT2D eigenvalue weighted by molar-refractivity contribution is 9.10. The van der Waals surface area contributed by atoms with Gasteiger partial charge in [-0.15, -0.1) is 0 Å². The Balaban J connectivity index is 2.55. The number of nitrogens with one attached hydrogen (secondary N) is 1. The summed E-state index contributed by atoms with van der Waals surface area (Å²) in [7, 11) is 4.81. The fraction of sp³-hybridized carbons (Fsp3) is 0.250. The zero-order chi connectivity index (χ0) is 15.4. The molecule has 0 heterocycles. The minimum atomic E-state index is -0.345. The molecule has 21 heavy (non-hydrogen) atoms. The normalized spacial score (nSPS) is 12.0. The van der Waals surface area contributed by atoms with Gasteiger partial charge in [-0.3, -0.25) is 0 Å². The van der Waals surface area contributed by atoms with Gasteiger partial charge >= 0.3 is 0 Å². The lowest BCUT2D eigenvalue weighted by molar-refractivity contribution is 0.351. The minimum Gasteiger partial charge on any atom is -0.493 e. The molecule has 5 heteroatoms. The predicted molar refractivity (Wildman–Crippen MR) is 84.5 cm³/mol. The van der Waals surface area contributed by atoms with E-state index in [0.29, 0.717) is 17.1 Å². The Morgan fingerprint density at radius 2 is 1.67 bits per heavy atom. The Morgan fingerprint density at radius 1 is 1.05 bits per heavy atom. The van der Waals surface area contributed by atoms with E-state index in [-0.39, 0.29) is 11.9 Å². The maximum atomic E-state index is 14.4. The average molecular weight is 354 g/mol. The molecule has 0 amide bonds. The van der Waals surface area contributed by atoms with Gasteiger partial charge in [0.1, 0.15) is 5.82 Å². The van der Waals surface area contributed by atoms with Crippen molar-refractivity contribution in [1.29, 1.82) is 0 Å². The molecule has 0 aliphatic rings. The average Bonchev–Trinajstić information content (AvgIpc) is 2.50. The van der Waals surface area contributed by atoms with Crippen LogP contribution in [0.25, 0.3) is 0 Å². The van der Waals surface area contributed by atoms with Crippen molar-refractivity contribution in [2.24, 2.45) is 0 Å². The van der Waals surface area contributed by atoms with Crippen LogP contribution in [0.1, 0.15) is 17.2 Å². The second-order valence-corrected chi connectivity index (χ2v) is 5.33. The number of methoxy groups -OCH3 is 2. The molecule has 2 aromatic carbocycles. The van der Waals surface area contributed by atoms with Gasteiger partial charge < -0.3 is 14.8 Å². The molecule has 112 valence electrons. The van der Waals surface area contributed by atoms with Gasteiger partial charge in [-0.25, -0.2) is 4.39 Å². The van der Waals surface area contributed by atoms with Crippen molar-refractivity contribution < 1.29 is 13.9 Å². The molecule has 3 nitrogen and oxygen atoms in total. The Labute approximate surface area is 132 Å². The van der Waals surface area contributed by atoms with Crippen LogP contribution in [0.2, 0.25) is 0 Å². The fourth-order valence-corrected chi connectivity index (χ4v) is 2.79. The fourth-order valence-electron chi connectivity index (χ4n) is 2.28. The summed E-state index contributed by atoms with van der Waals surface area (Å²) < 4.78 is 25.7. The zero-order valence-electron chi connectivity index (χ0n) is 12.1. The summed E-state index contributed by atoms with van der Waals surface area (Å²) in [5.74, 6) is 0.532. The van der Waals surface area contributed by atoms with E-state index >= 15 is 0 Å². The number of halogens is 2. The highest BCUT2D eigenvalue weighted by Crippen LogP contribution is 2.36. The highest BCUT2D eigenvalue weighted by atomic mass is 79.9. The molecule has 1 unspecified atom stereocenters. The molecule has 2 rings (SSSR count). The van der Waals surface area contributed by atoms with Crippen molar-refractivity contribution in [3.8, 4) is 11.5 Å². The summed E-state index contributed by atoms with van der Waals surface area (Å²) in [6.45, 7) is 0. The van der Waals surface area contributed by atoms with Crippen LogP contribution < -0.4 is 14.8 Å². The van der Waals surface area contributed by atoms with E-state index in [0.717, 1.165) is 10.0 Å². The van der Waals surface area contributed by atoms with Crippen molar-refractivity contribution >= 4 is 15.9 Å². The summed E-state index contributed by atoms with van der Waals surface area (Å²) in [5, 5.41) is 3.14. The van der Waals surface area contributed by atoms with Crippen LogP contribution >= 0.6 is 15.9 Å². The van der Waals surface area contributed by atoms with E-state index in [9.17, 15) is 4.39 Å². The number of hydrogen-bond acceptors (Lipinski definition) is 3. The summed E-state index contributed by atoms with van der Waals surface area (Å²) in [6, 6.07) is 10.4. The van der Waals surface area contributed by atoms with Crippen LogP contribution in [0.3, 0.4) is 0 Å². The second kappa shape index (κ2) is 6.91. The lowest BCUT2D eigenvalue weighted by atomic mass is 9.98. The van der Waals surface area contributed by atoms with Crippen molar-refractivity contribution in [3.63, 3.8) is 0 Å². The molecule has 0 radical (unpaired) electrons. The molecule has 0 saturated carbocycles. The quantitative estimate of drug-likeness (QED) is 0.883. The van der Waals surface area contributed by atoms with Crippen LogP contribution in [0, 0.1) is 5.82 Å². The van der Waals surface area contributed by atoms with Gasteiger partial charge in [-0.05, 0) is 24.7 Å².